The van der Waals surface area contributed by atoms with E-state index < -0.39 is 0 Å². The fraction of sp³-hybridized carbons (Fsp3) is 0.222. The van der Waals surface area contributed by atoms with Gasteiger partial charge in [-0.3, -0.25) is 4.79 Å². The third kappa shape index (κ3) is 6.68. The van der Waals surface area contributed by atoms with E-state index in [1.54, 1.807) is 6.07 Å². The van der Waals surface area contributed by atoms with Crippen LogP contribution in [0.5, 0.6) is 0 Å². The summed E-state index contributed by atoms with van der Waals surface area (Å²) in [5.74, 6) is 0.705. The van der Waals surface area contributed by atoms with Gasteiger partial charge in [-0.15, -0.1) is 11.8 Å². The summed E-state index contributed by atoms with van der Waals surface area (Å²) in [6.07, 6.45) is 0. The number of urea groups is 1. The van der Waals surface area contributed by atoms with Crippen molar-refractivity contribution in [1.29, 1.82) is 0 Å². The number of methoxy groups -OCH3 is 1. The smallest absolute Gasteiger partial charge is 0.319 e. The van der Waals surface area contributed by atoms with Gasteiger partial charge >= 0.3 is 12.0 Å². The average Bonchev–Trinajstić information content (AvgIpc) is 2.61. The van der Waals surface area contributed by atoms with Crippen LogP contribution < -0.4 is 10.6 Å². The predicted molar refractivity (Wildman–Crippen MR) is 102 cm³/mol. The van der Waals surface area contributed by atoms with Crippen molar-refractivity contribution in [3.63, 3.8) is 0 Å². The third-order valence-electron chi connectivity index (χ3n) is 3.30. The molecule has 0 aliphatic rings. The third-order valence-corrected chi connectivity index (χ3v) is 4.64. The molecule has 0 unspecified atom stereocenters. The van der Waals surface area contributed by atoms with Gasteiger partial charge in [-0.2, -0.15) is 0 Å². The number of hydrogen-bond acceptors (Lipinski definition) is 4. The zero-order valence-electron chi connectivity index (χ0n) is 13.8. The molecule has 0 saturated heterocycles. The molecule has 2 N–H and O–H groups in total. The molecule has 0 bridgehead atoms. The number of ether oxygens (including phenoxy) is 1. The summed E-state index contributed by atoms with van der Waals surface area (Å²) in [6, 6.07) is 14.5. The second-order valence-electron chi connectivity index (χ2n) is 5.17. The topological polar surface area (TPSA) is 67.4 Å². The summed E-state index contributed by atoms with van der Waals surface area (Å²) in [6.45, 7) is 0.347. The lowest BCUT2D eigenvalue weighted by molar-refractivity contribution is -0.137. The van der Waals surface area contributed by atoms with E-state index in [4.69, 9.17) is 11.6 Å². The lowest BCUT2D eigenvalue weighted by Crippen LogP contribution is -2.28. The summed E-state index contributed by atoms with van der Waals surface area (Å²) < 4.78 is 4.60. The minimum absolute atomic E-state index is 0.252. The Kier molecular flexibility index (Phi) is 7.63. The first-order valence-corrected chi connectivity index (χ1v) is 9.13. The molecule has 132 valence electrons. The average molecular weight is 379 g/mol. The molecule has 2 rings (SSSR count). The number of amides is 2. The first kappa shape index (κ1) is 19.1. The Hall–Kier alpha value is -2.18. The maximum atomic E-state index is 12.0. The predicted octanol–water partition coefficient (Wildman–Crippen LogP) is 4.07. The standard InChI is InChI=1S/C18H19ClN2O3S/c1-24-17(22)12-25-11-13-5-4-7-15(9-13)21-18(23)20-10-14-6-2-3-8-16(14)19/h2-9H,10-12H2,1H3,(H2,20,21,23). The molecular formula is C18H19ClN2O3S. The molecule has 2 amide bonds. The number of anilines is 1. The normalized spacial score (nSPS) is 10.2. The maximum absolute atomic E-state index is 12.0. The Bertz CT molecular complexity index is 740. The number of carbonyl (C=O) groups is 2. The second kappa shape index (κ2) is 9.96. The highest BCUT2D eigenvalue weighted by Gasteiger charge is 2.05. The fourth-order valence-electron chi connectivity index (χ4n) is 2.04. The summed E-state index contributed by atoms with van der Waals surface area (Å²) in [7, 11) is 1.37. The molecule has 0 fully saturated rings. The van der Waals surface area contributed by atoms with E-state index >= 15 is 0 Å². The van der Waals surface area contributed by atoms with Gasteiger partial charge in [0.15, 0.2) is 0 Å². The Balaban J connectivity index is 1.83. The van der Waals surface area contributed by atoms with E-state index in [0.717, 1.165) is 11.1 Å². The number of thioether (sulfide) groups is 1. The Morgan fingerprint density at radius 3 is 2.72 bits per heavy atom. The molecule has 5 nitrogen and oxygen atoms in total. The molecule has 25 heavy (non-hydrogen) atoms. The van der Waals surface area contributed by atoms with E-state index in [9.17, 15) is 9.59 Å². The number of carbonyl (C=O) groups excluding carboxylic acids is 2. The number of esters is 1. The van der Waals surface area contributed by atoms with Crippen molar-refractivity contribution in [1.82, 2.24) is 5.32 Å². The summed E-state index contributed by atoms with van der Waals surface area (Å²) in [4.78, 5) is 23.1. The number of benzene rings is 2. The lowest BCUT2D eigenvalue weighted by atomic mass is 10.2. The van der Waals surface area contributed by atoms with Crippen molar-refractivity contribution >= 4 is 41.1 Å². The van der Waals surface area contributed by atoms with Crippen LogP contribution in [0.15, 0.2) is 48.5 Å². The monoisotopic (exact) mass is 378 g/mol. The van der Waals surface area contributed by atoms with Gasteiger partial charge in [-0.05, 0) is 29.3 Å². The highest BCUT2D eigenvalue weighted by Crippen LogP contribution is 2.17. The summed E-state index contributed by atoms with van der Waals surface area (Å²) in [5, 5.41) is 6.18. The van der Waals surface area contributed by atoms with Gasteiger partial charge in [0.25, 0.3) is 0 Å². The second-order valence-corrected chi connectivity index (χ2v) is 6.56. The van der Waals surface area contributed by atoms with Crippen LogP contribution in [0.1, 0.15) is 11.1 Å². The van der Waals surface area contributed by atoms with Gasteiger partial charge in [-0.25, -0.2) is 4.79 Å². The van der Waals surface area contributed by atoms with Crippen LogP contribution in [0.25, 0.3) is 0 Å². The molecular weight excluding hydrogens is 360 g/mol. The van der Waals surface area contributed by atoms with Crippen molar-refractivity contribution in [2.45, 2.75) is 12.3 Å². The first-order chi connectivity index (χ1) is 12.1. The summed E-state index contributed by atoms with van der Waals surface area (Å²) in [5.41, 5.74) is 2.55. The van der Waals surface area contributed by atoms with Crippen molar-refractivity contribution in [2.75, 3.05) is 18.2 Å². The van der Waals surface area contributed by atoms with Crippen LogP contribution in [0, 0.1) is 0 Å². The Morgan fingerprint density at radius 2 is 1.96 bits per heavy atom. The first-order valence-electron chi connectivity index (χ1n) is 7.60. The van der Waals surface area contributed by atoms with Crippen molar-refractivity contribution in [2.24, 2.45) is 0 Å². The highest BCUT2D eigenvalue weighted by molar-refractivity contribution is 7.99. The van der Waals surface area contributed by atoms with Gasteiger partial charge in [0.05, 0.1) is 12.9 Å². The summed E-state index contributed by atoms with van der Waals surface area (Å²) >= 11 is 7.52. The van der Waals surface area contributed by atoms with Crippen LogP contribution in [-0.2, 0) is 21.8 Å². The SMILES string of the molecule is COC(=O)CSCc1cccc(NC(=O)NCc2ccccc2Cl)c1. The Morgan fingerprint density at radius 1 is 1.16 bits per heavy atom. The molecule has 0 atom stereocenters. The van der Waals surface area contributed by atoms with E-state index in [1.165, 1.54) is 18.9 Å². The molecule has 0 saturated carbocycles. The van der Waals surface area contributed by atoms with Gasteiger partial charge in [-0.1, -0.05) is 41.9 Å². The maximum Gasteiger partial charge on any atom is 0.319 e. The van der Waals surface area contributed by atoms with Crippen molar-refractivity contribution in [3.8, 4) is 0 Å². The van der Waals surface area contributed by atoms with Crippen molar-refractivity contribution in [3.05, 3.63) is 64.7 Å². The molecule has 0 aliphatic carbocycles. The molecule has 7 heteroatoms. The van der Waals surface area contributed by atoms with E-state index in [2.05, 4.69) is 15.4 Å². The van der Waals surface area contributed by atoms with Crippen molar-refractivity contribution < 1.29 is 14.3 Å². The zero-order valence-corrected chi connectivity index (χ0v) is 15.3. The number of hydrogen-bond donors (Lipinski definition) is 2. The molecule has 0 aromatic heterocycles. The quantitative estimate of drug-likeness (QED) is 0.713. The zero-order chi connectivity index (χ0) is 18.1. The highest BCUT2D eigenvalue weighted by atomic mass is 35.5. The fourth-order valence-corrected chi connectivity index (χ4v) is 3.05. The van der Waals surface area contributed by atoms with E-state index in [1.807, 2.05) is 42.5 Å². The van der Waals surface area contributed by atoms with E-state index in [0.29, 0.717) is 28.8 Å². The van der Waals surface area contributed by atoms with Crippen LogP contribution in [-0.4, -0.2) is 24.9 Å². The van der Waals surface area contributed by atoms with Crippen LogP contribution in [0.3, 0.4) is 0 Å². The van der Waals surface area contributed by atoms with Crippen LogP contribution >= 0.6 is 23.4 Å². The number of halogens is 1. The number of rotatable bonds is 7. The molecule has 0 aliphatic heterocycles. The minimum Gasteiger partial charge on any atom is -0.468 e. The largest absolute Gasteiger partial charge is 0.468 e. The molecule has 0 radical (unpaired) electrons. The van der Waals surface area contributed by atoms with E-state index in [-0.39, 0.29) is 12.0 Å². The minimum atomic E-state index is -0.306. The van der Waals surface area contributed by atoms with Crippen LogP contribution in [0.2, 0.25) is 5.02 Å². The lowest BCUT2D eigenvalue weighted by Gasteiger charge is -2.10. The van der Waals surface area contributed by atoms with Gasteiger partial charge in [0.1, 0.15) is 0 Å². The van der Waals surface area contributed by atoms with Gasteiger partial charge in [0, 0.05) is 23.0 Å². The van der Waals surface area contributed by atoms with Gasteiger partial charge in [0.2, 0.25) is 0 Å². The van der Waals surface area contributed by atoms with Crippen LogP contribution in [0.4, 0.5) is 10.5 Å². The Labute approximate surface area is 156 Å². The van der Waals surface area contributed by atoms with Gasteiger partial charge < -0.3 is 15.4 Å². The number of nitrogens with one attached hydrogen (secondary N) is 2. The molecule has 2 aromatic carbocycles. The molecule has 2 aromatic rings. The molecule has 0 heterocycles. The molecule has 0 spiro atoms.